The number of anilines is 4. The summed E-state index contributed by atoms with van der Waals surface area (Å²) in [6.45, 7) is 2.59. The molecule has 162 valence electrons. The fourth-order valence-electron chi connectivity index (χ4n) is 2.71. The number of amides is 2. The van der Waals surface area contributed by atoms with E-state index in [1.165, 1.54) is 12.1 Å². The highest BCUT2D eigenvalue weighted by Gasteiger charge is 2.30. The number of carbonyl (C=O) groups is 1. The van der Waals surface area contributed by atoms with E-state index in [1.807, 2.05) is 11.8 Å². The number of rotatable bonds is 6. The van der Waals surface area contributed by atoms with Crippen molar-refractivity contribution < 1.29 is 22.7 Å². The predicted octanol–water partition coefficient (Wildman–Crippen LogP) is 5.83. The van der Waals surface area contributed by atoms with Crippen molar-refractivity contribution in [2.45, 2.75) is 13.3 Å². The van der Waals surface area contributed by atoms with E-state index in [2.05, 4.69) is 25.3 Å². The average Bonchev–Trinajstić information content (AvgIpc) is 2.70. The van der Waals surface area contributed by atoms with Crippen molar-refractivity contribution in [2.24, 2.45) is 0 Å². The maximum Gasteiger partial charge on any atom is 0.573 e. The van der Waals surface area contributed by atoms with Crippen molar-refractivity contribution in [3.63, 3.8) is 0 Å². The molecule has 0 atom stereocenters. The fraction of sp³-hybridized carbons (Fsp3) is 0.150. The van der Waals surface area contributed by atoms with E-state index in [0.717, 1.165) is 17.8 Å². The van der Waals surface area contributed by atoms with Crippen molar-refractivity contribution >= 4 is 40.5 Å². The summed E-state index contributed by atoms with van der Waals surface area (Å²) in [7, 11) is 0. The van der Waals surface area contributed by atoms with Gasteiger partial charge in [-0.2, -0.15) is 0 Å². The first-order chi connectivity index (χ1) is 14.7. The second kappa shape index (κ2) is 9.52. The van der Waals surface area contributed by atoms with Gasteiger partial charge in [0, 0.05) is 29.8 Å². The van der Waals surface area contributed by atoms with E-state index in [-0.39, 0.29) is 11.0 Å². The Morgan fingerprint density at radius 2 is 1.61 bits per heavy atom. The molecule has 31 heavy (non-hydrogen) atoms. The van der Waals surface area contributed by atoms with Crippen molar-refractivity contribution in [3.05, 3.63) is 66.1 Å². The molecule has 3 aromatic rings. The molecule has 0 aliphatic carbocycles. The Kier molecular flexibility index (Phi) is 6.81. The molecule has 0 aliphatic rings. The first-order valence-electron chi connectivity index (χ1n) is 9.03. The Balaban J connectivity index is 1.61. The number of hydrogen-bond acceptors (Lipinski definition) is 5. The molecule has 0 aliphatic heterocycles. The Morgan fingerprint density at radius 1 is 1.03 bits per heavy atom. The van der Waals surface area contributed by atoms with Gasteiger partial charge >= 0.3 is 12.4 Å². The normalized spacial score (nSPS) is 11.0. The van der Waals surface area contributed by atoms with Crippen LogP contribution in [-0.2, 0) is 0 Å². The third-order valence-corrected chi connectivity index (χ3v) is 4.17. The second-order valence-electron chi connectivity index (χ2n) is 6.13. The number of hydrogen-bond donors (Lipinski definition) is 2. The number of alkyl halides is 3. The predicted molar refractivity (Wildman–Crippen MR) is 112 cm³/mol. The van der Waals surface area contributed by atoms with Gasteiger partial charge in [0.15, 0.2) is 0 Å². The number of aromatic nitrogens is 2. The molecule has 0 unspecified atom stereocenters. The molecule has 0 fully saturated rings. The number of nitrogens with zero attached hydrogens (tertiary/aromatic N) is 3. The van der Waals surface area contributed by atoms with Crippen molar-refractivity contribution in [3.8, 4) is 5.75 Å². The summed E-state index contributed by atoms with van der Waals surface area (Å²) in [5.41, 5.74) is 1.67. The third kappa shape index (κ3) is 6.48. The monoisotopic (exact) mass is 451 g/mol. The minimum atomic E-state index is -4.77. The molecule has 0 bridgehead atoms. The van der Waals surface area contributed by atoms with Gasteiger partial charge in [-0.1, -0.05) is 0 Å². The van der Waals surface area contributed by atoms with Crippen LogP contribution in [0.15, 0.2) is 60.8 Å². The first-order valence-corrected chi connectivity index (χ1v) is 9.41. The molecule has 0 spiro atoms. The van der Waals surface area contributed by atoms with Gasteiger partial charge in [-0.05, 0) is 73.1 Å². The molecule has 11 heteroatoms. The highest BCUT2D eigenvalue weighted by atomic mass is 35.5. The maximum atomic E-state index is 12.2. The topological polar surface area (TPSA) is 79.4 Å². The van der Waals surface area contributed by atoms with E-state index >= 15 is 0 Å². The van der Waals surface area contributed by atoms with Crippen LogP contribution in [0, 0.1) is 0 Å². The summed E-state index contributed by atoms with van der Waals surface area (Å²) in [6, 6.07) is 13.0. The minimum Gasteiger partial charge on any atom is -0.406 e. The van der Waals surface area contributed by atoms with Crippen molar-refractivity contribution in [1.82, 2.24) is 9.97 Å². The molecule has 2 amide bonds. The molecule has 1 aromatic heterocycles. The number of halogens is 4. The van der Waals surface area contributed by atoms with Crippen molar-refractivity contribution in [1.29, 1.82) is 0 Å². The highest BCUT2D eigenvalue weighted by Crippen LogP contribution is 2.26. The van der Waals surface area contributed by atoms with Crippen LogP contribution in [0.4, 0.5) is 40.8 Å². The van der Waals surface area contributed by atoms with Crippen LogP contribution in [0.5, 0.6) is 5.75 Å². The van der Waals surface area contributed by atoms with Gasteiger partial charge in [0.2, 0.25) is 5.28 Å². The molecule has 0 saturated carbocycles. The number of carbonyl (C=O) groups excluding carboxylic acids is 1. The lowest BCUT2D eigenvalue weighted by Crippen LogP contribution is -2.20. The molecule has 2 aromatic carbocycles. The lowest BCUT2D eigenvalue weighted by Gasteiger charge is -2.22. The van der Waals surface area contributed by atoms with Gasteiger partial charge in [-0.3, -0.25) is 0 Å². The van der Waals surface area contributed by atoms with Gasteiger partial charge in [-0.15, -0.1) is 13.2 Å². The van der Waals surface area contributed by atoms with Gasteiger partial charge in [-0.25, -0.2) is 14.8 Å². The summed E-state index contributed by atoms with van der Waals surface area (Å²) in [5.74, 6) is 0.262. The highest BCUT2D eigenvalue weighted by molar-refractivity contribution is 6.28. The van der Waals surface area contributed by atoms with E-state index in [4.69, 9.17) is 11.6 Å². The molecule has 7 nitrogen and oxygen atoms in total. The van der Waals surface area contributed by atoms with Crippen LogP contribution < -0.4 is 20.3 Å². The van der Waals surface area contributed by atoms with Crippen molar-refractivity contribution in [2.75, 3.05) is 22.1 Å². The van der Waals surface area contributed by atoms with Gasteiger partial charge < -0.3 is 20.3 Å². The summed E-state index contributed by atoms with van der Waals surface area (Å²) in [4.78, 5) is 22.1. The average molecular weight is 452 g/mol. The van der Waals surface area contributed by atoms with E-state index < -0.39 is 12.4 Å². The van der Waals surface area contributed by atoms with E-state index in [9.17, 15) is 18.0 Å². The van der Waals surface area contributed by atoms with Crippen LogP contribution in [0.3, 0.4) is 0 Å². The number of nitrogens with one attached hydrogen (secondary N) is 2. The first kappa shape index (κ1) is 22.2. The van der Waals surface area contributed by atoms with E-state index in [1.54, 1.807) is 36.5 Å². The fourth-order valence-corrected chi connectivity index (χ4v) is 2.85. The van der Waals surface area contributed by atoms with Crippen LogP contribution in [0.25, 0.3) is 0 Å². The largest absolute Gasteiger partial charge is 0.573 e. The zero-order chi connectivity index (χ0) is 22.4. The molecule has 3 rings (SSSR count). The van der Waals surface area contributed by atoms with Gasteiger partial charge in [0.1, 0.15) is 11.6 Å². The smallest absolute Gasteiger partial charge is 0.406 e. The van der Waals surface area contributed by atoms with Crippen LogP contribution >= 0.6 is 11.6 Å². The molecule has 0 saturated heterocycles. The standard InChI is InChI=1S/C20H17ClF3N5O2/c1-2-29(17-11-12-25-18(21)28-17)15-7-3-13(4-8-15)26-19(30)27-14-5-9-16(10-6-14)31-20(22,23)24/h3-12H,2H2,1H3,(H2,26,27,30). The third-order valence-electron chi connectivity index (χ3n) is 3.99. The molecule has 0 radical (unpaired) electrons. The van der Waals surface area contributed by atoms with Crippen LogP contribution in [0.1, 0.15) is 6.92 Å². The maximum absolute atomic E-state index is 12.2. The van der Waals surface area contributed by atoms with Crippen LogP contribution in [-0.4, -0.2) is 28.9 Å². The summed E-state index contributed by atoms with van der Waals surface area (Å²) < 4.78 is 40.4. The molecular weight excluding hydrogens is 435 g/mol. The van der Waals surface area contributed by atoms with Crippen LogP contribution in [0.2, 0.25) is 5.28 Å². The molecule has 1 heterocycles. The SMILES string of the molecule is CCN(c1ccc(NC(=O)Nc2ccc(OC(F)(F)F)cc2)cc1)c1ccnc(Cl)n1. The Bertz CT molecular complexity index is 1030. The minimum absolute atomic E-state index is 0.143. The Labute approximate surface area is 180 Å². The number of urea groups is 1. The summed E-state index contributed by atoms with van der Waals surface area (Å²) in [6.07, 6.45) is -3.21. The molecule has 2 N–H and O–H groups in total. The summed E-state index contributed by atoms with van der Waals surface area (Å²) >= 11 is 5.86. The molecular formula is C20H17ClF3N5O2. The van der Waals surface area contributed by atoms with Gasteiger partial charge in [0.25, 0.3) is 0 Å². The lowest BCUT2D eigenvalue weighted by atomic mass is 10.2. The number of ether oxygens (including phenoxy) is 1. The second-order valence-corrected chi connectivity index (χ2v) is 6.46. The quantitative estimate of drug-likeness (QED) is 0.461. The zero-order valence-corrected chi connectivity index (χ0v) is 16.9. The Morgan fingerprint density at radius 3 is 2.13 bits per heavy atom. The van der Waals surface area contributed by atoms with E-state index in [0.29, 0.717) is 23.7 Å². The lowest BCUT2D eigenvalue weighted by molar-refractivity contribution is -0.274. The Hall–Kier alpha value is -3.53. The summed E-state index contributed by atoms with van der Waals surface area (Å²) in [5, 5.41) is 5.32. The number of benzene rings is 2. The van der Waals surface area contributed by atoms with Gasteiger partial charge in [0.05, 0.1) is 0 Å². The zero-order valence-electron chi connectivity index (χ0n) is 16.2.